The van der Waals surface area contributed by atoms with E-state index in [1.165, 1.54) is 6.07 Å². The summed E-state index contributed by atoms with van der Waals surface area (Å²) in [6.45, 7) is 4.80. The van der Waals surface area contributed by atoms with Crippen LogP contribution in [-0.2, 0) is 0 Å². The largest absolute Gasteiger partial charge is 0.424 e. The van der Waals surface area contributed by atoms with Gasteiger partial charge in [0.05, 0.1) is 11.6 Å². The van der Waals surface area contributed by atoms with E-state index >= 15 is 0 Å². The lowest BCUT2D eigenvalue weighted by Crippen LogP contribution is -2.51. The number of aryl methyl sites for hydroxylation is 1. The number of halogens is 2. The van der Waals surface area contributed by atoms with Crippen molar-refractivity contribution in [2.45, 2.75) is 32.7 Å². The highest BCUT2D eigenvalue weighted by atomic mass is 35.5. The molecule has 2 unspecified atom stereocenters. The quantitative estimate of drug-likeness (QED) is 0.381. The number of aromatic nitrogens is 3. The Morgan fingerprint density at radius 1 is 1.26 bits per heavy atom. The lowest BCUT2D eigenvalue weighted by molar-refractivity contribution is 0.0539. The molecule has 9 heteroatoms. The van der Waals surface area contributed by atoms with Gasteiger partial charge >= 0.3 is 0 Å². The molecule has 3 heterocycles. The molecule has 1 aliphatic rings. The van der Waals surface area contributed by atoms with E-state index in [0.717, 1.165) is 12.8 Å². The summed E-state index contributed by atoms with van der Waals surface area (Å²) in [4.78, 5) is 28.7. The number of nitrogens with zero attached hydrogens (tertiary/aromatic N) is 4. The Kier molecular flexibility index (Phi) is 6.38. The molecule has 0 bridgehead atoms. The molecule has 0 aliphatic carbocycles. The van der Waals surface area contributed by atoms with Crippen molar-refractivity contribution in [1.82, 2.24) is 19.9 Å². The van der Waals surface area contributed by atoms with E-state index in [0.29, 0.717) is 52.2 Å². The third kappa shape index (κ3) is 4.71. The van der Waals surface area contributed by atoms with Gasteiger partial charge in [-0.25, -0.2) is 14.4 Å². The maximum atomic E-state index is 14.6. The van der Waals surface area contributed by atoms with Crippen LogP contribution in [0.2, 0.25) is 5.02 Å². The van der Waals surface area contributed by atoms with Gasteiger partial charge in [-0.05, 0) is 67.6 Å². The molecule has 0 radical (unpaired) electrons. The molecule has 35 heavy (non-hydrogen) atoms. The van der Waals surface area contributed by atoms with Crippen molar-refractivity contribution in [1.29, 1.82) is 0 Å². The summed E-state index contributed by atoms with van der Waals surface area (Å²) >= 11 is 6.05. The van der Waals surface area contributed by atoms with E-state index in [-0.39, 0.29) is 23.4 Å². The summed E-state index contributed by atoms with van der Waals surface area (Å²) in [5.41, 5.74) is 2.51. The van der Waals surface area contributed by atoms with Crippen molar-refractivity contribution in [3.05, 3.63) is 70.8 Å². The fraction of sp³-hybridized carbons (Fsp3) is 0.308. The smallest absolute Gasteiger partial charge is 0.295 e. The maximum Gasteiger partial charge on any atom is 0.295 e. The molecule has 1 N–H and O–H groups in total. The molecule has 2 atom stereocenters. The number of benzene rings is 2. The van der Waals surface area contributed by atoms with Crippen LogP contribution in [0.3, 0.4) is 0 Å². The Morgan fingerprint density at radius 2 is 2.06 bits per heavy atom. The van der Waals surface area contributed by atoms with Crippen LogP contribution in [0.25, 0.3) is 22.5 Å². The second-order valence-corrected chi connectivity index (χ2v) is 9.35. The lowest BCUT2D eigenvalue weighted by Gasteiger charge is -2.40. The van der Waals surface area contributed by atoms with Gasteiger partial charge in [-0.3, -0.25) is 4.79 Å². The van der Waals surface area contributed by atoms with E-state index in [1.807, 2.05) is 4.90 Å². The van der Waals surface area contributed by atoms with Gasteiger partial charge in [0, 0.05) is 36.1 Å². The summed E-state index contributed by atoms with van der Waals surface area (Å²) in [5.74, 6) is -0.0542. The summed E-state index contributed by atoms with van der Waals surface area (Å²) in [5, 5.41) is 3.83. The molecule has 7 nitrogen and oxygen atoms in total. The molecule has 1 fully saturated rings. The highest BCUT2D eigenvalue weighted by Gasteiger charge is 2.34. The number of nitrogens with one attached hydrogen (secondary N) is 1. The molecule has 1 saturated heterocycles. The van der Waals surface area contributed by atoms with Gasteiger partial charge in [-0.1, -0.05) is 18.5 Å². The number of fused-ring (bicyclic) bond motifs is 1. The topological polar surface area (TPSA) is 84.2 Å². The molecule has 0 spiro atoms. The minimum atomic E-state index is -0.432. The standard InChI is InChI=1S/C26H25ClFN5O2/c1-15-5-3-10-33(22(15)14-31-26-32-21-12-17(27)6-7-23(21)35-26)25(34)19-13-20(28)16(2)11-18(19)24-29-8-4-9-30-24/h4,6-9,11-13,15,22H,3,5,10,14H2,1-2H3,(H,31,32). The zero-order chi connectivity index (χ0) is 24.5. The van der Waals surface area contributed by atoms with Crippen LogP contribution in [0.4, 0.5) is 10.4 Å². The Morgan fingerprint density at radius 3 is 2.86 bits per heavy atom. The van der Waals surface area contributed by atoms with E-state index in [9.17, 15) is 9.18 Å². The zero-order valence-corrected chi connectivity index (χ0v) is 20.2. The third-order valence-corrected chi connectivity index (χ3v) is 6.76. The maximum absolute atomic E-state index is 14.6. The first-order valence-corrected chi connectivity index (χ1v) is 12.0. The minimum absolute atomic E-state index is 0.135. The molecule has 4 aromatic rings. The number of carbonyl (C=O) groups is 1. The fourth-order valence-corrected chi connectivity index (χ4v) is 4.78. The van der Waals surface area contributed by atoms with Crippen molar-refractivity contribution >= 4 is 34.6 Å². The highest BCUT2D eigenvalue weighted by Crippen LogP contribution is 2.30. The molecule has 1 aliphatic heterocycles. The van der Waals surface area contributed by atoms with E-state index in [2.05, 4.69) is 27.2 Å². The van der Waals surface area contributed by atoms with Gasteiger partial charge in [0.1, 0.15) is 11.3 Å². The predicted octanol–water partition coefficient (Wildman–Crippen LogP) is 5.74. The monoisotopic (exact) mass is 493 g/mol. The number of rotatable bonds is 5. The van der Waals surface area contributed by atoms with E-state index in [4.69, 9.17) is 16.0 Å². The highest BCUT2D eigenvalue weighted by molar-refractivity contribution is 6.31. The van der Waals surface area contributed by atoms with Gasteiger partial charge in [-0.15, -0.1) is 0 Å². The SMILES string of the molecule is Cc1cc(-c2ncccn2)c(C(=O)N2CCCC(C)C2CNc2nc3cc(Cl)ccc3o2)cc1F. The van der Waals surface area contributed by atoms with Crippen LogP contribution in [0, 0.1) is 18.7 Å². The van der Waals surface area contributed by atoms with Crippen LogP contribution < -0.4 is 5.32 Å². The van der Waals surface area contributed by atoms with Gasteiger partial charge < -0.3 is 14.6 Å². The Hall–Kier alpha value is -3.52. The lowest BCUT2D eigenvalue weighted by atomic mass is 9.89. The van der Waals surface area contributed by atoms with E-state index in [1.54, 1.807) is 49.6 Å². The molecule has 5 rings (SSSR count). The first-order chi connectivity index (χ1) is 16.9. The van der Waals surface area contributed by atoms with Crippen molar-refractivity contribution in [3.63, 3.8) is 0 Å². The number of hydrogen-bond donors (Lipinski definition) is 1. The number of amides is 1. The zero-order valence-electron chi connectivity index (χ0n) is 19.5. The van der Waals surface area contributed by atoms with E-state index < -0.39 is 5.82 Å². The average molecular weight is 494 g/mol. The Labute approximate surface area is 207 Å². The fourth-order valence-electron chi connectivity index (χ4n) is 4.62. The normalized spacial score (nSPS) is 18.1. The van der Waals surface area contributed by atoms with Crippen molar-refractivity contribution < 1.29 is 13.6 Å². The third-order valence-electron chi connectivity index (χ3n) is 6.52. The molecule has 180 valence electrons. The summed E-state index contributed by atoms with van der Waals surface area (Å²) in [6, 6.07) is 10.1. The number of piperidine rings is 1. The average Bonchev–Trinajstić information content (AvgIpc) is 3.26. The summed E-state index contributed by atoms with van der Waals surface area (Å²) < 4.78 is 20.4. The Bertz CT molecular complexity index is 1380. The van der Waals surface area contributed by atoms with Crippen LogP contribution in [-0.4, -0.2) is 44.9 Å². The molecule has 2 aromatic heterocycles. The Balaban J connectivity index is 1.43. The van der Waals surface area contributed by atoms with Crippen molar-refractivity contribution in [2.24, 2.45) is 5.92 Å². The molecular weight excluding hydrogens is 469 g/mol. The number of anilines is 1. The minimum Gasteiger partial charge on any atom is -0.424 e. The van der Waals surface area contributed by atoms with Crippen LogP contribution >= 0.6 is 11.6 Å². The first kappa shape index (κ1) is 23.2. The predicted molar refractivity (Wildman–Crippen MR) is 133 cm³/mol. The van der Waals surface area contributed by atoms with Gasteiger partial charge in [0.2, 0.25) is 0 Å². The molecule has 2 aromatic carbocycles. The summed E-state index contributed by atoms with van der Waals surface area (Å²) in [6.07, 6.45) is 5.07. The van der Waals surface area contributed by atoms with Crippen LogP contribution in [0.1, 0.15) is 35.7 Å². The molecule has 1 amide bonds. The first-order valence-electron chi connectivity index (χ1n) is 11.6. The van der Waals surface area contributed by atoms with Crippen molar-refractivity contribution in [2.75, 3.05) is 18.4 Å². The second kappa shape index (κ2) is 9.62. The number of likely N-dealkylation sites (tertiary alicyclic amines) is 1. The number of hydrogen-bond acceptors (Lipinski definition) is 6. The second-order valence-electron chi connectivity index (χ2n) is 8.92. The molecular formula is C26H25ClFN5O2. The number of carbonyl (C=O) groups excluding carboxylic acids is 1. The van der Waals surface area contributed by atoms with Gasteiger partial charge in [0.25, 0.3) is 11.9 Å². The van der Waals surface area contributed by atoms with Gasteiger partial charge in [0.15, 0.2) is 11.4 Å². The molecule has 0 saturated carbocycles. The van der Waals surface area contributed by atoms with Gasteiger partial charge in [-0.2, -0.15) is 4.98 Å². The number of oxazole rings is 1. The van der Waals surface area contributed by atoms with Crippen molar-refractivity contribution in [3.8, 4) is 11.4 Å². The summed E-state index contributed by atoms with van der Waals surface area (Å²) in [7, 11) is 0. The van der Waals surface area contributed by atoms with Crippen LogP contribution in [0.5, 0.6) is 0 Å². The van der Waals surface area contributed by atoms with Crippen LogP contribution in [0.15, 0.2) is 53.2 Å².